The fourth-order valence-corrected chi connectivity index (χ4v) is 5.40. The predicted octanol–water partition coefficient (Wildman–Crippen LogP) is 5.03. The zero-order valence-electron chi connectivity index (χ0n) is 24.6. The maximum Gasteiger partial charge on any atom is 0.416 e. The van der Waals surface area contributed by atoms with Crippen LogP contribution in [0.25, 0.3) is 16.9 Å². The minimum Gasteiger partial charge on any atom is -0.322 e. The van der Waals surface area contributed by atoms with Gasteiger partial charge in [-0.05, 0) is 73.5 Å². The average Bonchev–Trinajstić information content (AvgIpc) is 3.80. The van der Waals surface area contributed by atoms with Gasteiger partial charge in [0, 0.05) is 55.5 Å². The number of anilines is 2. The Morgan fingerprint density at radius 1 is 1.00 bits per heavy atom. The van der Waals surface area contributed by atoms with E-state index in [1.165, 1.54) is 22.7 Å². The molecular weight excluding hydrogens is 585 g/mol. The Morgan fingerprint density at radius 3 is 2.44 bits per heavy atom. The largest absolute Gasteiger partial charge is 0.416 e. The first-order chi connectivity index (χ1) is 21.6. The molecule has 1 aliphatic carbocycles. The predicted molar refractivity (Wildman–Crippen MR) is 161 cm³/mol. The molecule has 2 aliphatic rings. The number of amides is 2. The molecule has 0 unspecified atom stereocenters. The summed E-state index contributed by atoms with van der Waals surface area (Å²) in [6.07, 6.45) is -1.31. The molecule has 2 aromatic carbocycles. The molecule has 2 aromatic heterocycles. The first kappa shape index (κ1) is 30.2. The number of hydrogen-bond acceptors (Lipinski definition) is 7. The number of aromatic nitrogens is 3. The molecular formula is C32H31F3N8O2. The van der Waals surface area contributed by atoms with Gasteiger partial charge in [-0.25, -0.2) is 9.50 Å². The highest BCUT2D eigenvalue weighted by Crippen LogP contribution is 2.33. The summed E-state index contributed by atoms with van der Waals surface area (Å²) in [5.74, 6) is -0.355. The van der Waals surface area contributed by atoms with Crippen LogP contribution >= 0.6 is 0 Å². The molecule has 2 fully saturated rings. The Balaban J connectivity index is 1.24. The molecule has 1 aliphatic heterocycles. The molecule has 1 saturated heterocycles. The van der Waals surface area contributed by atoms with E-state index in [4.69, 9.17) is 0 Å². The van der Waals surface area contributed by atoms with Gasteiger partial charge in [0.15, 0.2) is 11.5 Å². The number of carbonyl (C=O) groups is 2. The number of carbonyl (C=O) groups excluding carboxylic acids is 2. The number of benzene rings is 2. The molecule has 4 aromatic rings. The summed E-state index contributed by atoms with van der Waals surface area (Å²) in [5, 5.41) is 19.7. The average molecular weight is 617 g/mol. The summed E-state index contributed by atoms with van der Waals surface area (Å²) < 4.78 is 42.9. The van der Waals surface area contributed by atoms with Crippen LogP contribution in [0.5, 0.6) is 0 Å². The molecule has 45 heavy (non-hydrogen) atoms. The second kappa shape index (κ2) is 12.3. The topological polar surface area (TPSA) is 119 Å². The van der Waals surface area contributed by atoms with Crippen LogP contribution in [0.1, 0.15) is 46.8 Å². The van der Waals surface area contributed by atoms with Gasteiger partial charge in [0.25, 0.3) is 5.91 Å². The number of fused-ring (bicyclic) bond motifs is 1. The number of nitrogens with one attached hydrogen (secondary N) is 2. The van der Waals surface area contributed by atoms with Crippen LogP contribution in [-0.4, -0.2) is 68.9 Å². The zero-order chi connectivity index (χ0) is 31.7. The maximum atomic E-state index is 13.8. The van der Waals surface area contributed by atoms with Crippen molar-refractivity contribution >= 4 is 29.0 Å². The van der Waals surface area contributed by atoms with Gasteiger partial charge in [-0.15, -0.1) is 0 Å². The molecule has 0 spiro atoms. The summed E-state index contributed by atoms with van der Waals surface area (Å²) in [7, 11) is 0. The van der Waals surface area contributed by atoms with E-state index in [-0.39, 0.29) is 28.6 Å². The number of rotatable bonds is 8. The third-order valence-corrected chi connectivity index (χ3v) is 8.09. The number of alkyl halides is 3. The molecule has 232 valence electrons. The summed E-state index contributed by atoms with van der Waals surface area (Å²) in [5.41, 5.74) is 1.25. The molecule has 0 bridgehead atoms. The van der Waals surface area contributed by atoms with Crippen molar-refractivity contribution in [3.05, 3.63) is 77.0 Å². The highest BCUT2D eigenvalue weighted by molar-refractivity contribution is 6.05. The number of hydrogen-bond donors (Lipinski definition) is 2. The fraction of sp³-hybridized carbons (Fsp3) is 0.344. The fourth-order valence-electron chi connectivity index (χ4n) is 5.40. The van der Waals surface area contributed by atoms with Crippen LogP contribution in [0.4, 0.5) is 24.7 Å². The Hall–Kier alpha value is -4.80. The monoisotopic (exact) mass is 616 g/mol. The lowest BCUT2D eigenvalue weighted by Gasteiger charge is -2.34. The molecule has 3 heterocycles. The molecule has 0 radical (unpaired) electrons. The first-order valence-electron chi connectivity index (χ1n) is 14.8. The van der Waals surface area contributed by atoms with E-state index in [9.17, 15) is 28.0 Å². The van der Waals surface area contributed by atoms with Crippen LogP contribution in [0.3, 0.4) is 0 Å². The van der Waals surface area contributed by atoms with E-state index in [0.717, 1.165) is 57.7 Å². The first-order valence-corrected chi connectivity index (χ1v) is 14.8. The van der Waals surface area contributed by atoms with Crippen LogP contribution < -0.4 is 10.6 Å². The maximum absolute atomic E-state index is 13.8. The Morgan fingerprint density at radius 2 is 1.76 bits per heavy atom. The van der Waals surface area contributed by atoms with Crippen molar-refractivity contribution in [3.63, 3.8) is 0 Å². The molecule has 13 heteroatoms. The van der Waals surface area contributed by atoms with Gasteiger partial charge in [0.05, 0.1) is 29.1 Å². The van der Waals surface area contributed by atoms with Gasteiger partial charge in [-0.3, -0.25) is 14.5 Å². The summed E-state index contributed by atoms with van der Waals surface area (Å²) >= 11 is 0. The van der Waals surface area contributed by atoms with Crippen molar-refractivity contribution in [1.82, 2.24) is 24.4 Å². The third-order valence-electron chi connectivity index (χ3n) is 8.09. The molecule has 1 saturated carbocycles. The third kappa shape index (κ3) is 6.97. The highest BCUT2D eigenvalue weighted by Gasteiger charge is 2.32. The number of halogens is 3. The standard InChI is InChI=1S/C32H31F3N8O2/c1-2-41-9-11-42(12-10-41)18-20-13-24(32(33,34)35)16-25(14-20)37-31(45)22-5-6-23(17-36)26(15-22)27-7-8-29-38-28(19-43(29)40-27)39-30(44)21-3-4-21/h5-8,13-16,19,21H,2-4,9-12,18H2,1H3,(H,37,45)(H,39,44). The molecule has 2 N–H and O–H groups in total. The minimum absolute atomic E-state index is 0.00893. The van der Waals surface area contributed by atoms with Gasteiger partial charge in [-0.2, -0.15) is 23.5 Å². The Kier molecular flexibility index (Phi) is 8.26. The second-order valence-corrected chi connectivity index (χ2v) is 11.4. The lowest BCUT2D eigenvalue weighted by molar-refractivity contribution is -0.137. The van der Waals surface area contributed by atoms with E-state index in [0.29, 0.717) is 34.8 Å². The number of nitriles is 1. The molecule has 0 atom stereocenters. The quantitative estimate of drug-likeness (QED) is 0.285. The van der Waals surface area contributed by atoms with Crippen LogP contribution in [0.15, 0.2) is 54.7 Å². The number of imidazole rings is 1. The second-order valence-electron chi connectivity index (χ2n) is 11.4. The summed E-state index contributed by atoms with van der Waals surface area (Å²) in [4.78, 5) is 34.2. The smallest absolute Gasteiger partial charge is 0.322 e. The van der Waals surface area contributed by atoms with Gasteiger partial charge in [0.2, 0.25) is 5.91 Å². The molecule has 10 nitrogen and oxygen atoms in total. The summed E-state index contributed by atoms with van der Waals surface area (Å²) in [6.45, 7) is 6.53. The van der Waals surface area contributed by atoms with E-state index in [2.05, 4.69) is 43.5 Å². The Labute approximate surface area is 257 Å². The lowest BCUT2D eigenvalue weighted by Crippen LogP contribution is -2.45. The van der Waals surface area contributed by atoms with Gasteiger partial charge in [-0.1, -0.05) is 6.92 Å². The number of piperazine rings is 1. The minimum atomic E-state index is -4.59. The van der Waals surface area contributed by atoms with E-state index in [1.807, 2.05) is 0 Å². The van der Waals surface area contributed by atoms with Crippen molar-refractivity contribution in [2.45, 2.75) is 32.5 Å². The van der Waals surface area contributed by atoms with Crippen molar-refractivity contribution in [2.75, 3.05) is 43.4 Å². The van der Waals surface area contributed by atoms with Crippen molar-refractivity contribution in [2.24, 2.45) is 5.92 Å². The molecule has 6 rings (SSSR count). The Bertz CT molecular complexity index is 1800. The zero-order valence-corrected chi connectivity index (χ0v) is 24.6. The van der Waals surface area contributed by atoms with Crippen LogP contribution in [0.2, 0.25) is 0 Å². The SMILES string of the molecule is CCN1CCN(Cc2cc(NC(=O)c3ccc(C#N)c(-c4ccc5nc(NC(=O)C6CC6)cn5n4)c3)cc(C(F)(F)F)c2)CC1. The number of likely N-dealkylation sites (N-methyl/N-ethyl adjacent to an activating group) is 1. The van der Waals surface area contributed by atoms with E-state index >= 15 is 0 Å². The van der Waals surface area contributed by atoms with Crippen molar-refractivity contribution in [1.29, 1.82) is 5.26 Å². The number of nitrogens with zero attached hydrogens (tertiary/aromatic N) is 6. The van der Waals surface area contributed by atoms with Crippen molar-refractivity contribution in [3.8, 4) is 17.3 Å². The van der Waals surface area contributed by atoms with Crippen LogP contribution in [-0.2, 0) is 17.5 Å². The highest BCUT2D eigenvalue weighted by atomic mass is 19.4. The van der Waals surface area contributed by atoms with Crippen LogP contribution in [0, 0.1) is 17.2 Å². The summed E-state index contributed by atoms with van der Waals surface area (Å²) in [6, 6.07) is 13.4. The van der Waals surface area contributed by atoms with Gasteiger partial charge < -0.3 is 15.5 Å². The lowest BCUT2D eigenvalue weighted by atomic mass is 10.0. The van der Waals surface area contributed by atoms with Gasteiger partial charge >= 0.3 is 6.18 Å². The van der Waals surface area contributed by atoms with E-state index in [1.54, 1.807) is 24.4 Å². The van der Waals surface area contributed by atoms with Crippen molar-refractivity contribution < 1.29 is 22.8 Å². The normalized spacial score (nSPS) is 16.0. The van der Waals surface area contributed by atoms with Gasteiger partial charge in [0.1, 0.15) is 0 Å². The van der Waals surface area contributed by atoms with E-state index < -0.39 is 17.6 Å². The molecule has 2 amide bonds.